The molecule has 0 aliphatic carbocycles. The van der Waals surface area contributed by atoms with E-state index in [1.54, 1.807) is 12.4 Å². The quantitative estimate of drug-likeness (QED) is 0.161. The lowest BCUT2D eigenvalue weighted by Gasteiger charge is -2.16. The maximum Gasteiger partial charge on any atom is 0.227 e. The molecule has 0 atom stereocenters. The minimum Gasteiger partial charge on any atom is -0.436 e. The zero-order chi connectivity index (χ0) is 39.1. The Morgan fingerprint density at radius 2 is 0.763 bits per heavy atom. The number of aromatic nitrogens is 5. The minimum absolute atomic E-state index is 0.554. The maximum absolute atomic E-state index is 6.46. The van der Waals surface area contributed by atoms with Crippen LogP contribution in [-0.2, 0) is 0 Å². The first-order chi connectivity index (χ1) is 29.2. The SMILES string of the molecule is c1cncc(-c2cc(-c3cccnc3)cc(-c3cc(-c4cc(-c5cncc6ccccc56)cc(-c5cncc6ccccc56)c4)cc(-c4nc5ccccc5o4)c3)c2)c1. The van der Waals surface area contributed by atoms with E-state index in [0.29, 0.717) is 5.89 Å². The van der Waals surface area contributed by atoms with Crippen molar-refractivity contribution in [2.75, 3.05) is 0 Å². The normalized spacial score (nSPS) is 11.4. The van der Waals surface area contributed by atoms with Gasteiger partial charge >= 0.3 is 0 Å². The average molecular weight is 756 g/mol. The molecule has 6 heteroatoms. The highest BCUT2D eigenvalue weighted by atomic mass is 16.3. The number of hydrogen-bond acceptors (Lipinski definition) is 6. The first kappa shape index (κ1) is 34.2. The molecule has 0 N–H and O–H groups in total. The number of para-hydroxylation sites is 2. The standard InChI is InChI=1S/C53H33N5O/c1-3-13-47-36(9-1)30-56-32-49(47)44-23-43(24-45(27-44)50-33-57-31-37-10-2-4-14-48(37)50)42-22-41(25-46(26-42)53-58-51-15-5-6-16-52(51)59-53)40-20-38(34-11-7-17-54-28-34)19-39(21-40)35-12-8-18-55-29-35/h1-33H. The Kier molecular flexibility index (Phi) is 8.37. The average Bonchev–Trinajstić information content (AvgIpc) is 3.76. The Labute approximate surface area is 340 Å². The number of pyridine rings is 4. The van der Waals surface area contributed by atoms with E-state index in [1.165, 1.54) is 0 Å². The molecule has 5 heterocycles. The second kappa shape index (κ2) is 14.4. The summed E-state index contributed by atoms with van der Waals surface area (Å²) in [6.07, 6.45) is 15.2. The van der Waals surface area contributed by atoms with E-state index in [0.717, 1.165) is 105 Å². The largest absolute Gasteiger partial charge is 0.436 e. The summed E-state index contributed by atoms with van der Waals surface area (Å²) in [7, 11) is 0. The Hall–Kier alpha value is -8.09. The summed E-state index contributed by atoms with van der Waals surface area (Å²) in [5.74, 6) is 0.554. The number of nitrogens with zero attached hydrogens (tertiary/aromatic N) is 5. The Balaban J connectivity index is 1.18. The zero-order valence-corrected chi connectivity index (χ0v) is 31.7. The molecule has 6 nitrogen and oxygen atoms in total. The molecule has 59 heavy (non-hydrogen) atoms. The molecule has 0 spiro atoms. The Morgan fingerprint density at radius 1 is 0.322 bits per heavy atom. The van der Waals surface area contributed by atoms with Crippen LogP contribution in [0.3, 0.4) is 0 Å². The third kappa shape index (κ3) is 6.49. The molecule has 11 rings (SSSR count). The van der Waals surface area contributed by atoms with Gasteiger partial charge in [0.05, 0.1) is 0 Å². The first-order valence-corrected chi connectivity index (χ1v) is 19.5. The van der Waals surface area contributed by atoms with Gasteiger partial charge in [-0.3, -0.25) is 19.9 Å². The van der Waals surface area contributed by atoms with Gasteiger partial charge in [-0.1, -0.05) is 72.8 Å². The van der Waals surface area contributed by atoms with E-state index in [4.69, 9.17) is 19.4 Å². The summed E-state index contributed by atoms with van der Waals surface area (Å²) in [5.41, 5.74) is 14.9. The van der Waals surface area contributed by atoms with Crippen molar-refractivity contribution < 1.29 is 4.42 Å². The van der Waals surface area contributed by atoms with E-state index >= 15 is 0 Å². The summed E-state index contributed by atoms with van der Waals surface area (Å²) in [6.45, 7) is 0. The molecular weight excluding hydrogens is 723 g/mol. The third-order valence-corrected chi connectivity index (χ3v) is 11.0. The van der Waals surface area contributed by atoms with Crippen LogP contribution in [0.4, 0.5) is 0 Å². The fraction of sp³-hybridized carbons (Fsp3) is 0. The number of hydrogen-bond donors (Lipinski definition) is 0. The lowest BCUT2D eigenvalue weighted by Crippen LogP contribution is -1.92. The highest BCUT2D eigenvalue weighted by Gasteiger charge is 2.17. The van der Waals surface area contributed by atoms with Gasteiger partial charge in [-0.15, -0.1) is 0 Å². The molecule has 0 saturated heterocycles. The van der Waals surface area contributed by atoms with Crippen molar-refractivity contribution in [2.24, 2.45) is 0 Å². The molecule has 0 aliphatic rings. The molecule has 0 unspecified atom stereocenters. The van der Waals surface area contributed by atoms with Crippen molar-refractivity contribution in [3.8, 4) is 78.2 Å². The predicted octanol–water partition coefficient (Wildman–Crippen LogP) is 13.4. The molecular formula is C53H33N5O. The van der Waals surface area contributed by atoms with Gasteiger partial charge in [0.15, 0.2) is 5.58 Å². The topological polar surface area (TPSA) is 77.6 Å². The van der Waals surface area contributed by atoms with Crippen LogP contribution in [0.2, 0.25) is 0 Å². The lowest BCUT2D eigenvalue weighted by atomic mass is 9.89. The van der Waals surface area contributed by atoms with E-state index in [-0.39, 0.29) is 0 Å². The molecule has 0 bridgehead atoms. The molecule has 0 fully saturated rings. The van der Waals surface area contributed by atoms with Crippen molar-refractivity contribution in [1.29, 1.82) is 0 Å². The maximum atomic E-state index is 6.46. The van der Waals surface area contributed by atoms with Crippen LogP contribution in [-0.4, -0.2) is 24.9 Å². The van der Waals surface area contributed by atoms with Gasteiger partial charge in [0.25, 0.3) is 0 Å². The monoisotopic (exact) mass is 755 g/mol. The Morgan fingerprint density at radius 3 is 1.27 bits per heavy atom. The van der Waals surface area contributed by atoms with E-state index in [2.05, 4.69) is 125 Å². The highest BCUT2D eigenvalue weighted by Crippen LogP contribution is 2.41. The van der Waals surface area contributed by atoms with Crippen LogP contribution >= 0.6 is 0 Å². The van der Waals surface area contributed by atoms with Gasteiger partial charge < -0.3 is 4.42 Å². The van der Waals surface area contributed by atoms with E-state index in [9.17, 15) is 0 Å². The van der Waals surface area contributed by atoms with Crippen molar-refractivity contribution in [3.63, 3.8) is 0 Å². The first-order valence-electron chi connectivity index (χ1n) is 19.5. The van der Waals surface area contributed by atoms with Gasteiger partial charge in [0, 0.05) is 88.2 Å². The number of oxazole rings is 1. The summed E-state index contributed by atoms with van der Waals surface area (Å²) in [6, 6.07) is 53.0. The number of rotatable bonds is 7. The third-order valence-electron chi connectivity index (χ3n) is 11.0. The Bertz CT molecular complexity index is 3140. The summed E-state index contributed by atoms with van der Waals surface area (Å²) in [5, 5.41) is 4.44. The predicted molar refractivity (Wildman–Crippen MR) is 238 cm³/mol. The van der Waals surface area contributed by atoms with Gasteiger partial charge in [-0.2, -0.15) is 0 Å². The number of fused-ring (bicyclic) bond motifs is 3. The van der Waals surface area contributed by atoms with Crippen molar-refractivity contribution >= 4 is 32.6 Å². The van der Waals surface area contributed by atoms with Gasteiger partial charge in [-0.05, 0) is 134 Å². The molecule has 11 aromatic rings. The van der Waals surface area contributed by atoms with Gasteiger partial charge in [-0.25, -0.2) is 4.98 Å². The summed E-state index contributed by atoms with van der Waals surface area (Å²) < 4.78 is 6.46. The molecule has 0 saturated carbocycles. The van der Waals surface area contributed by atoms with E-state index in [1.807, 2.05) is 73.6 Å². The number of benzene rings is 6. The molecule has 0 amide bonds. The molecule has 0 radical (unpaired) electrons. The fourth-order valence-electron chi connectivity index (χ4n) is 8.07. The smallest absolute Gasteiger partial charge is 0.227 e. The van der Waals surface area contributed by atoms with Gasteiger partial charge in [0.1, 0.15) is 5.52 Å². The van der Waals surface area contributed by atoms with Crippen molar-refractivity contribution in [1.82, 2.24) is 24.9 Å². The van der Waals surface area contributed by atoms with Crippen LogP contribution in [0.25, 0.3) is 111 Å². The van der Waals surface area contributed by atoms with Crippen LogP contribution in [0.1, 0.15) is 0 Å². The molecule has 0 aliphatic heterocycles. The van der Waals surface area contributed by atoms with Gasteiger partial charge in [0.2, 0.25) is 5.89 Å². The summed E-state index contributed by atoms with van der Waals surface area (Å²) >= 11 is 0. The van der Waals surface area contributed by atoms with Crippen LogP contribution in [0, 0.1) is 0 Å². The molecule has 6 aromatic carbocycles. The fourth-order valence-corrected chi connectivity index (χ4v) is 8.07. The lowest BCUT2D eigenvalue weighted by molar-refractivity contribution is 0.620. The molecule has 276 valence electrons. The molecule has 5 aromatic heterocycles. The second-order valence-electron chi connectivity index (χ2n) is 14.7. The van der Waals surface area contributed by atoms with Crippen LogP contribution in [0.15, 0.2) is 206 Å². The van der Waals surface area contributed by atoms with Crippen LogP contribution < -0.4 is 0 Å². The minimum atomic E-state index is 0.554. The zero-order valence-electron chi connectivity index (χ0n) is 31.7. The van der Waals surface area contributed by atoms with Crippen LogP contribution in [0.5, 0.6) is 0 Å². The summed E-state index contributed by atoms with van der Waals surface area (Å²) in [4.78, 5) is 23.3. The second-order valence-corrected chi connectivity index (χ2v) is 14.7. The van der Waals surface area contributed by atoms with Crippen molar-refractivity contribution in [3.05, 3.63) is 201 Å². The van der Waals surface area contributed by atoms with E-state index < -0.39 is 0 Å². The van der Waals surface area contributed by atoms with Crippen molar-refractivity contribution in [2.45, 2.75) is 0 Å². The highest BCUT2D eigenvalue weighted by molar-refractivity contribution is 6.01.